The molecule has 1 aliphatic carbocycles. The van der Waals surface area contributed by atoms with Gasteiger partial charge in [-0.25, -0.2) is 9.97 Å². The first kappa shape index (κ1) is 22.0. The minimum absolute atomic E-state index is 0.161. The molecule has 1 saturated carbocycles. The summed E-state index contributed by atoms with van der Waals surface area (Å²) in [6.45, 7) is 2.47. The number of nitrogens with zero attached hydrogens (tertiary/aromatic N) is 4. The van der Waals surface area contributed by atoms with Crippen LogP contribution >= 0.6 is 0 Å². The zero-order chi connectivity index (χ0) is 23.9. The fourth-order valence-electron chi connectivity index (χ4n) is 4.26. The van der Waals surface area contributed by atoms with Gasteiger partial charge in [0.25, 0.3) is 5.91 Å². The van der Waals surface area contributed by atoms with Crippen molar-refractivity contribution in [2.24, 2.45) is 0 Å². The van der Waals surface area contributed by atoms with E-state index in [2.05, 4.69) is 31.8 Å². The Bertz CT molecular complexity index is 1360. The molecule has 1 fully saturated rings. The van der Waals surface area contributed by atoms with Crippen LogP contribution in [0.3, 0.4) is 0 Å². The van der Waals surface area contributed by atoms with Gasteiger partial charge in [-0.15, -0.1) is 0 Å². The molecule has 0 bridgehead atoms. The number of aromatic nitrogens is 4. The largest absolute Gasteiger partial charge is 0.390 e. The quantitative estimate of drug-likeness (QED) is 0.387. The SMILES string of the molecule is COCc1ccc(NC(=O)c2c(-c3ccc(CO)nc3)n(C3(C)CC3)c3ncnc(N)c23)cc1. The smallest absolute Gasteiger partial charge is 0.258 e. The average molecular weight is 459 g/mol. The minimum Gasteiger partial charge on any atom is -0.390 e. The molecular formula is C25H26N6O3. The Morgan fingerprint density at radius 3 is 2.56 bits per heavy atom. The number of nitrogens with two attached hydrogens (primary N) is 1. The van der Waals surface area contributed by atoms with E-state index in [-0.39, 0.29) is 23.9 Å². The number of aliphatic hydroxyl groups is 1. The lowest BCUT2D eigenvalue weighted by Crippen LogP contribution is -2.17. The molecular weight excluding hydrogens is 432 g/mol. The molecule has 4 N–H and O–H groups in total. The second-order valence-electron chi connectivity index (χ2n) is 8.79. The normalized spacial score (nSPS) is 14.3. The van der Waals surface area contributed by atoms with Crippen molar-refractivity contribution in [1.82, 2.24) is 19.5 Å². The molecule has 3 heterocycles. The zero-order valence-electron chi connectivity index (χ0n) is 19.1. The molecule has 34 heavy (non-hydrogen) atoms. The summed E-state index contributed by atoms with van der Waals surface area (Å²) in [6.07, 6.45) is 5.00. The van der Waals surface area contributed by atoms with Crippen LogP contribution in [0.15, 0.2) is 48.9 Å². The van der Waals surface area contributed by atoms with Crippen LogP contribution < -0.4 is 11.1 Å². The van der Waals surface area contributed by atoms with Gasteiger partial charge in [0.15, 0.2) is 0 Å². The van der Waals surface area contributed by atoms with E-state index in [1.165, 1.54) is 6.33 Å². The van der Waals surface area contributed by atoms with Crippen molar-refractivity contribution in [2.45, 2.75) is 38.5 Å². The molecule has 1 aromatic carbocycles. The maximum absolute atomic E-state index is 13.7. The van der Waals surface area contributed by atoms with E-state index in [1.807, 2.05) is 30.3 Å². The topological polar surface area (TPSA) is 128 Å². The number of amides is 1. The summed E-state index contributed by atoms with van der Waals surface area (Å²) >= 11 is 0. The Hall–Kier alpha value is -3.82. The summed E-state index contributed by atoms with van der Waals surface area (Å²) < 4.78 is 7.25. The number of rotatable bonds is 7. The van der Waals surface area contributed by atoms with E-state index in [1.54, 1.807) is 19.4 Å². The van der Waals surface area contributed by atoms with Gasteiger partial charge in [0.2, 0.25) is 0 Å². The van der Waals surface area contributed by atoms with Crippen molar-refractivity contribution in [1.29, 1.82) is 0 Å². The number of hydrogen-bond acceptors (Lipinski definition) is 7. The number of nitrogens with one attached hydrogen (secondary N) is 1. The van der Waals surface area contributed by atoms with Crippen molar-refractivity contribution in [2.75, 3.05) is 18.2 Å². The van der Waals surface area contributed by atoms with Crippen molar-refractivity contribution in [3.63, 3.8) is 0 Å². The van der Waals surface area contributed by atoms with Gasteiger partial charge in [0.1, 0.15) is 17.8 Å². The van der Waals surface area contributed by atoms with E-state index < -0.39 is 0 Å². The molecule has 1 aliphatic rings. The summed E-state index contributed by atoms with van der Waals surface area (Å²) in [5, 5.41) is 12.9. The fourth-order valence-corrected chi connectivity index (χ4v) is 4.26. The second kappa shape index (κ2) is 8.51. The Kier molecular flexibility index (Phi) is 5.51. The number of anilines is 2. The van der Waals surface area contributed by atoms with E-state index in [0.29, 0.717) is 40.3 Å². The number of ether oxygens (including phenoxy) is 1. The third-order valence-corrected chi connectivity index (χ3v) is 6.30. The van der Waals surface area contributed by atoms with E-state index in [9.17, 15) is 9.90 Å². The predicted molar refractivity (Wildman–Crippen MR) is 129 cm³/mol. The van der Waals surface area contributed by atoms with Gasteiger partial charge in [-0.05, 0) is 49.6 Å². The standard InChI is InChI=1S/C25H26N6O3/c1-25(9-10-25)31-21(16-5-8-18(12-32)27-11-16)19(20-22(26)28-14-29-23(20)31)24(33)30-17-6-3-15(4-7-17)13-34-2/h3-8,11,14,32H,9-10,12-13H2,1-2H3,(H,30,33)(H2,26,28,29). The zero-order valence-corrected chi connectivity index (χ0v) is 19.1. The van der Waals surface area contributed by atoms with Crippen molar-refractivity contribution < 1.29 is 14.6 Å². The third kappa shape index (κ3) is 3.78. The number of hydrogen-bond donors (Lipinski definition) is 3. The molecule has 5 rings (SSSR count). The first-order chi connectivity index (χ1) is 16.4. The van der Waals surface area contributed by atoms with E-state index >= 15 is 0 Å². The molecule has 0 atom stereocenters. The van der Waals surface area contributed by atoms with Crippen molar-refractivity contribution >= 4 is 28.4 Å². The number of aliphatic hydroxyl groups excluding tert-OH is 1. The summed E-state index contributed by atoms with van der Waals surface area (Å²) in [6, 6.07) is 11.1. The van der Waals surface area contributed by atoms with Crippen LogP contribution in [0.5, 0.6) is 0 Å². The predicted octanol–water partition coefficient (Wildman–Crippen LogP) is 3.48. The number of pyridine rings is 1. The molecule has 0 unspecified atom stereocenters. The molecule has 9 heteroatoms. The Balaban J connectivity index is 1.68. The maximum Gasteiger partial charge on any atom is 0.258 e. The highest BCUT2D eigenvalue weighted by Gasteiger charge is 2.44. The number of fused-ring (bicyclic) bond motifs is 1. The third-order valence-electron chi connectivity index (χ3n) is 6.30. The number of methoxy groups -OCH3 is 1. The molecule has 1 amide bonds. The fraction of sp³-hybridized carbons (Fsp3) is 0.280. The highest BCUT2D eigenvalue weighted by molar-refractivity contribution is 6.19. The second-order valence-corrected chi connectivity index (χ2v) is 8.79. The lowest BCUT2D eigenvalue weighted by molar-refractivity contribution is 0.102. The molecule has 4 aromatic rings. The molecule has 9 nitrogen and oxygen atoms in total. The van der Waals surface area contributed by atoms with E-state index in [4.69, 9.17) is 10.5 Å². The molecule has 0 aliphatic heterocycles. The summed E-state index contributed by atoms with van der Waals surface area (Å²) in [5.74, 6) is -0.0648. The van der Waals surface area contributed by atoms with Gasteiger partial charge in [-0.1, -0.05) is 12.1 Å². The first-order valence-corrected chi connectivity index (χ1v) is 11.1. The van der Waals surface area contributed by atoms with Gasteiger partial charge < -0.3 is 25.5 Å². The van der Waals surface area contributed by atoms with Gasteiger partial charge in [0, 0.05) is 30.1 Å². The Morgan fingerprint density at radius 2 is 1.94 bits per heavy atom. The summed E-state index contributed by atoms with van der Waals surface area (Å²) in [4.78, 5) is 26.8. The van der Waals surface area contributed by atoms with E-state index in [0.717, 1.165) is 24.0 Å². The highest BCUT2D eigenvalue weighted by Crippen LogP contribution is 2.49. The van der Waals surface area contributed by atoms with Crippen molar-refractivity contribution in [3.05, 3.63) is 65.7 Å². The number of benzene rings is 1. The molecule has 0 radical (unpaired) electrons. The van der Waals surface area contributed by atoms with Crippen LogP contribution in [0, 0.1) is 0 Å². The lowest BCUT2D eigenvalue weighted by atomic mass is 10.1. The number of carbonyl (C=O) groups is 1. The average Bonchev–Trinajstić information content (AvgIpc) is 3.48. The van der Waals surface area contributed by atoms with Crippen LogP contribution in [-0.4, -0.2) is 37.6 Å². The van der Waals surface area contributed by atoms with Gasteiger partial charge in [0.05, 0.1) is 35.6 Å². The highest BCUT2D eigenvalue weighted by atomic mass is 16.5. The Morgan fingerprint density at radius 1 is 1.18 bits per heavy atom. The molecule has 0 spiro atoms. The van der Waals surface area contributed by atoms with Crippen LogP contribution in [0.2, 0.25) is 0 Å². The van der Waals surface area contributed by atoms with Crippen LogP contribution in [0.4, 0.5) is 11.5 Å². The Labute approximate surface area is 196 Å². The number of carbonyl (C=O) groups excluding carboxylic acids is 1. The van der Waals surface area contributed by atoms with Crippen LogP contribution in [-0.2, 0) is 23.5 Å². The first-order valence-electron chi connectivity index (χ1n) is 11.1. The maximum atomic E-state index is 13.7. The van der Waals surface area contributed by atoms with Gasteiger partial charge in [-0.2, -0.15) is 0 Å². The van der Waals surface area contributed by atoms with Crippen molar-refractivity contribution in [3.8, 4) is 11.3 Å². The van der Waals surface area contributed by atoms with Gasteiger partial charge >= 0.3 is 0 Å². The molecule has 3 aromatic heterocycles. The summed E-state index contributed by atoms with van der Waals surface area (Å²) in [7, 11) is 1.64. The molecule has 0 saturated heterocycles. The van der Waals surface area contributed by atoms with Crippen LogP contribution in [0.1, 0.15) is 41.4 Å². The van der Waals surface area contributed by atoms with Gasteiger partial charge in [-0.3, -0.25) is 9.78 Å². The lowest BCUT2D eigenvalue weighted by Gasteiger charge is -2.18. The minimum atomic E-state index is -0.310. The summed E-state index contributed by atoms with van der Waals surface area (Å²) in [5.41, 5.74) is 10.8. The van der Waals surface area contributed by atoms with Crippen LogP contribution in [0.25, 0.3) is 22.3 Å². The molecule has 174 valence electrons. The number of nitrogen functional groups attached to an aromatic ring is 1. The monoisotopic (exact) mass is 458 g/mol.